The molecule has 1 aliphatic rings. The van der Waals surface area contributed by atoms with Crippen LogP contribution in [0.25, 0.3) is 0 Å². The van der Waals surface area contributed by atoms with E-state index in [-0.39, 0.29) is 18.2 Å². The largest absolute Gasteiger partial charge is 0.485 e. The van der Waals surface area contributed by atoms with Crippen molar-refractivity contribution in [2.75, 3.05) is 0 Å². The lowest BCUT2D eigenvalue weighted by Gasteiger charge is -2.32. The Labute approximate surface area is 146 Å². The third kappa shape index (κ3) is 3.26. The molecule has 3 aromatic rings. The van der Waals surface area contributed by atoms with Crippen LogP contribution in [0.5, 0.6) is 5.75 Å². The molecule has 0 saturated heterocycles. The highest BCUT2D eigenvalue weighted by atomic mass is 16.6. The molecule has 0 fully saturated rings. The monoisotopic (exact) mass is 330 g/mol. The molecule has 0 saturated carbocycles. The van der Waals surface area contributed by atoms with Gasteiger partial charge in [-0.1, -0.05) is 66.7 Å². The van der Waals surface area contributed by atoms with E-state index in [2.05, 4.69) is 0 Å². The van der Waals surface area contributed by atoms with E-state index < -0.39 is 0 Å². The molecule has 124 valence electrons. The minimum absolute atomic E-state index is 0.135. The van der Waals surface area contributed by atoms with Crippen molar-refractivity contribution in [1.29, 1.82) is 0 Å². The molecule has 2 atom stereocenters. The summed E-state index contributed by atoms with van der Waals surface area (Å²) in [6.45, 7) is 0. The van der Waals surface area contributed by atoms with Crippen LogP contribution in [0.15, 0.2) is 84.9 Å². The zero-order chi connectivity index (χ0) is 17.1. The summed E-state index contributed by atoms with van der Waals surface area (Å²) in [7, 11) is 0. The normalized spacial score (nSPS) is 18.7. The van der Waals surface area contributed by atoms with E-state index in [9.17, 15) is 4.79 Å². The number of hydrogen-bond donors (Lipinski definition) is 0. The van der Waals surface area contributed by atoms with Crippen molar-refractivity contribution < 1.29 is 14.3 Å². The number of carbonyl (C=O) groups is 1. The van der Waals surface area contributed by atoms with Crippen molar-refractivity contribution in [1.82, 2.24) is 0 Å². The van der Waals surface area contributed by atoms with E-state index in [1.54, 1.807) is 12.1 Å². The second kappa shape index (κ2) is 6.81. The molecule has 0 bridgehead atoms. The van der Waals surface area contributed by atoms with Crippen molar-refractivity contribution in [3.63, 3.8) is 0 Å². The molecule has 1 aliphatic heterocycles. The number of carbonyl (C=O) groups excluding carboxylic acids is 1. The fourth-order valence-corrected chi connectivity index (χ4v) is 3.13. The van der Waals surface area contributed by atoms with Gasteiger partial charge >= 0.3 is 5.97 Å². The molecule has 0 N–H and O–H groups in total. The Kier molecular flexibility index (Phi) is 4.21. The average molecular weight is 330 g/mol. The van der Waals surface area contributed by atoms with E-state index in [0.717, 1.165) is 16.9 Å². The lowest BCUT2D eigenvalue weighted by molar-refractivity contribution is 0.00688. The molecule has 3 aromatic carbocycles. The van der Waals surface area contributed by atoms with Crippen LogP contribution in [0.2, 0.25) is 0 Å². The van der Waals surface area contributed by atoms with Gasteiger partial charge in [0.25, 0.3) is 0 Å². The first-order valence-corrected chi connectivity index (χ1v) is 8.38. The molecule has 3 nitrogen and oxygen atoms in total. The first-order valence-electron chi connectivity index (χ1n) is 8.38. The van der Waals surface area contributed by atoms with Gasteiger partial charge in [-0.15, -0.1) is 0 Å². The van der Waals surface area contributed by atoms with Gasteiger partial charge in [-0.3, -0.25) is 0 Å². The summed E-state index contributed by atoms with van der Waals surface area (Å²) in [6, 6.07) is 26.9. The minimum Gasteiger partial charge on any atom is -0.485 e. The van der Waals surface area contributed by atoms with Crippen molar-refractivity contribution >= 4 is 5.97 Å². The van der Waals surface area contributed by atoms with Crippen LogP contribution in [0.4, 0.5) is 0 Å². The summed E-state index contributed by atoms with van der Waals surface area (Å²) in [6.07, 6.45) is 0.132. The third-order valence-corrected chi connectivity index (χ3v) is 4.39. The van der Waals surface area contributed by atoms with Gasteiger partial charge in [0.05, 0.1) is 5.56 Å². The number of esters is 1. The van der Waals surface area contributed by atoms with Crippen molar-refractivity contribution in [2.45, 2.75) is 18.6 Å². The molecule has 3 heteroatoms. The molecule has 0 aromatic heterocycles. The lowest BCUT2D eigenvalue weighted by atomic mass is 9.95. The van der Waals surface area contributed by atoms with Gasteiger partial charge in [0, 0.05) is 12.0 Å². The molecule has 0 radical (unpaired) electrons. The molecular formula is C22H18O3. The second-order valence-corrected chi connectivity index (χ2v) is 6.05. The first-order chi connectivity index (χ1) is 12.3. The van der Waals surface area contributed by atoms with Crippen LogP contribution in [0, 0.1) is 0 Å². The van der Waals surface area contributed by atoms with Gasteiger partial charge in [-0.25, -0.2) is 4.79 Å². The Morgan fingerprint density at radius 3 is 2.24 bits per heavy atom. The summed E-state index contributed by atoms with van der Waals surface area (Å²) >= 11 is 0. The number of ether oxygens (including phenoxy) is 2. The maximum Gasteiger partial charge on any atom is 0.338 e. The Hall–Kier alpha value is -3.07. The number of fused-ring (bicyclic) bond motifs is 1. The van der Waals surface area contributed by atoms with Gasteiger partial charge in [0.2, 0.25) is 0 Å². The van der Waals surface area contributed by atoms with Gasteiger partial charge in [-0.05, 0) is 23.8 Å². The highest BCUT2D eigenvalue weighted by Gasteiger charge is 2.31. The third-order valence-electron chi connectivity index (χ3n) is 4.39. The Morgan fingerprint density at radius 1 is 0.840 bits per heavy atom. The summed E-state index contributed by atoms with van der Waals surface area (Å²) in [4.78, 5) is 12.5. The van der Waals surface area contributed by atoms with Gasteiger partial charge < -0.3 is 9.47 Å². The zero-order valence-corrected chi connectivity index (χ0v) is 13.7. The zero-order valence-electron chi connectivity index (χ0n) is 13.7. The standard InChI is InChI=1S/C22H18O3/c23-22(17-11-5-2-6-12-17)25-21-15-20(16-9-3-1-4-10-16)24-19-14-8-7-13-18(19)21/h1-14,20-21H,15H2/t20-,21-/m0/s1. The average Bonchev–Trinajstić information content (AvgIpc) is 2.69. The number of para-hydroxylation sites is 1. The number of rotatable bonds is 3. The maximum absolute atomic E-state index is 12.5. The molecule has 0 unspecified atom stereocenters. The van der Waals surface area contributed by atoms with Crippen LogP contribution >= 0.6 is 0 Å². The molecule has 0 spiro atoms. The van der Waals surface area contributed by atoms with Crippen molar-refractivity contribution in [3.8, 4) is 5.75 Å². The van der Waals surface area contributed by atoms with Crippen LogP contribution in [-0.2, 0) is 4.74 Å². The molecule has 4 rings (SSSR count). The van der Waals surface area contributed by atoms with E-state index in [1.807, 2.05) is 72.8 Å². The summed E-state index contributed by atoms with van der Waals surface area (Å²) in [5.74, 6) is 0.461. The Balaban J connectivity index is 1.62. The highest BCUT2D eigenvalue weighted by molar-refractivity contribution is 5.89. The fourth-order valence-electron chi connectivity index (χ4n) is 3.13. The first kappa shape index (κ1) is 15.5. The van der Waals surface area contributed by atoms with Crippen LogP contribution in [0.1, 0.15) is 40.1 Å². The predicted octanol–water partition coefficient (Wildman–Crippen LogP) is 5.11. The quantitative estimate of drug-likeness (QED) is 0.626. The van der Waals surface area contributed by atoms with Crippen LogP contribution in [-0.4, -0.2) is 5.97 Å². The predicted molar refractivity (Wildman–Crippen MR) is 95.5 cm³/mol. The molecule has 0 amide bonds. The highest BCUT2D eigenvalue weighted by Crippen LogP contribution is 2.42. The molecular weight excluding hydrogens is 312 g/mol. The molecule has 0 aliphatic carbocycles. The minimum atomic E-state index is -0.331. The van der Waals surface area contributed by atoms with Gasteiger partial charge in [-0.2, -0.15) is 0 Å². The van der Waals surface area contributed by atoms with Crippen molar-refractivity contribution in [2.24, 2.45) is 0 Å². The Morgan fingerprint density at radius 2 is 1.48 bits per heavy atom. The molecule has 1 heterocycles. The second-order valence-electron chi connectivity index (χ2n) is 6.05. The summed E-state index contributed by atoms with van der Waals surface area (Å²) in [5, 5.41) is 0. The lowest BCUT2D eigenvalue weighted by Crippen LogP contribution is -2.23. The number of benzene rings is 3. The molecule has 25 heavy (non-hydrogen) atoms. The van der Waals surface area contributed by atoms with Gasteiger partial charge in [0.15, 0.2) is 0 Å². The Bertz CT molecular complexity index is 859. The summed E-state index contributed by atoms with van der Waals surface area (Å²) < 4.78 is 12.0. The van der Waals surface area contributed by atoms with Crippen molar-refractivity contribution in [3.05, 3.63) is 102 Å². The number of hydrogen-bond acceptors (Lipinski definition) is 3. The fraction of sp³-hybridized carbons (Fsp3) is 0.136. The van der Waals surface area contributed by atoms with E-state index in [0.29, 0.717) is 12.0 Å². The SMILES string of the molecule is O=C(O[C@H]1C[C@@H](c2ccccc2)Oc2ccccc21)c1ccccc1. The van der Waals surface area contributed by atoms with Crippen LogP contribution < -0.4 is 4.74 Å². The topological polar surface area (TPSA) is 35.5 Å². The maximum atomic E-state index is 12.5. The van der Waals surface area contributed by atoms with Gasteiger partial charge in [0.1, 0.15) is 18.0 Å². The van der Waals surface area contributed by atoms with Crippen LogP contribution in [0.3, 0.4) is 0 Å². The smallest absolute Gasteiger partial charge is 0.338 e. The van der Waals surface area contributed by atoms with E-state index in [4.69, 9.17) is 9.47 Å². The summed E-state index contributed by atoms with van der Waals surface area (Å²) in [5.41, 5.74) is 2.56. The van der Waals surface area contributed by atoms with E-state index in [1.165, 1.54) is 0 Å². The van der Waals surface area contributed by atoms with E-state index >= 15 is 0 Å².